The highest BCUT2D eigenvalue weighted by atomic mass is 16.7. The fourth-order valence-corrected chi connectivity index (χ4v) is 4.82. The predicted octanol–water partition coefficient (Wildman–Crippen LogP) is 1.10. The fourth-order valence-electron chi connectivity index (χ4n) is 4.82. The van der Waals surface area contributed by atoms with Crippen LogP contribution in [0.15, 0.2) is 24.3 Å². The Morgan fingerprint density at radius 3 is 2.96 bits per heavy atom. The topological polar surface area (TPSA) is 68.2 Å². The zero-order chi connectivity index (χ0) is 16.5. The molecular formula is C18H19NO5. The van der Waals surface area contributed by atoms with Gasteiger partial charge in [-0.15, -0.1) is 0 Å². The molecule has 0 radical (unpaired) electrons. The van der Waals surface area contributed by atoms with Crippen LogP contribution in [-0.2, 0) is 21.5 Å². The SMILES string of the molecule is CC(=O)O[C@H]1C=C[C@@]23c4cc5c(cc4CN(C[C@H]2O)[C@@H]3C1)OCO5. The molecule has 5 atom stereocenters. The monoisotopic (exact) mass is 329 g/mol. The first-order valence-corrected chi connectivity index (χ1v) is 8.29. The second-order valence-corrected chi connectivity index (χ2v) is 7.00. The third kappa shape index (κ3) is 1.75. The van der Waals surface area contributed by atoms with Crippen molar-refractivity contribution >= 4 is 5.97 Å². The summed E-state index contributed by atoms with van der Waals surface area (Å²) in [5.41, 5.74) is 1.81. The lowest BCUT2D eigenvalue weighted by atomic mass is 9.65. The highest BCUT2D eigenvalue weighted by Crippen LogP contribution is 2.53. The van der Waals surface area contributed by atoms with E-state index in [0.717, 1.165) is 23.6 Å². The molecule has 1 N–H and O–H groups in total. The number of fused-ring (bicyclic) bond motifs is 2. The molecule has 1 aromatic carbocycles. The summed E-state index contributed by atoms with van der Waals surface area (Å²) in [5, 5.41) is 10.9. The maximum atomic E-state index is 11.3. The average molecular weight is 329 g/mol. The van der Waals surface area contributed by atoms with Crippen molar-refractivity contribution in [3.63, 3.8) is 0 Å². The van der Waals surface area contributed by atoms with Gasteiger partial charge < -0.3 is 19.3 Å². The molecule has 1 saturated heterocycles. The maximum absolute atomic E-state index is 11.3. The molecule has 126 valence electrons. The van der Waals surface area contributed by atoms with E-state index in [9.17, 15) is 9.90 Å². The number of hydrogen-bond donors (Lipinski definition) is 1. The summed E-state index contributed by atoms with van der Waals surface area (Å²) in [6.07, 6.45) is 3.94. The van der Waals surface area contributed by atoms with Crippen molar-refractivity contribution in [3.8, 4) is 11.5 Å². The highest BCUT2D eigenvalue weighted by molar-refractivity contribution is 5.66. The number of carbonyl (C=O) groups excluding carboxylic acids is 1. The molecule has 1 unspecified atom stereocenters. The van der Waals surface area contributed by atoms with Crippen LogP contribution in [-0.4, -0.2) is 47.6 Å². The van der Waals surface area contributed by atoms with E-state index in [2.05, 4.69) is 4.90 Å². The van der Waals surface area contributed by atoms with Crippen LogP contribution >= 0.6 is 0 Å². The molecule has 4 aliphatic rings. The van der Waals surface area contributed by atoms with E-state index < -0.39 is 11.5 Å². The van der Waals surface area contributed by atoms with E-state index in [1.807, 2.05) is 24.3 Å². The third-order valence-corrected chi connectivity index (χ3v) is 5.75. The van der Waals surface area contributed by atoms with Crippen molar-refractivity contribution in [2.45, 2.75) is 43.6 Å². The van der Waals surface area contributed by atoms with Gasteiger partial charge in [0, 0.05) is 32.5 Å². The Bertz CT molecular complexity index is 760. The zero-order valence-corrected chi connectivity index (χ0v) is 13.4. The molecule has 3 heterocycles. The van der Waals surface area contributed by atoms with Crippen LogP contribution in [0, 0.1) is 0 Å². The molecule has 3 aliphatic heterocycles. The van der Waals surface area contributed by atoms with Gasteiger partial charge in [-0.05, 0) is 29.3 Å². The lowest BCUT2D eigenvalue weighted by molar-refractivity contribution is -0.145. The van der Waals surface area contributed by atoms with Crippen LogP contribution < -0.4 is 9.47 Å². The van der Waals surface area contributed by atoms with Crippen molar-refractivity contribution in [3.05, 3.63) is 35.4 Å². The summed E-state index contributed by atoms with van der Waals surface area (Å²) < 4.78 is 16.4. The number of aliphatic hydroxyl groups excluding tert-OH is 1. The first-order valence-electron chi connectivity index (χ1n) is 8.29. The van der Waals surface area contributed by atoms with Gasteiger partial charge in [0.05, 0.1) is 11.5 Å². The van der Waals surface area contributed by atoms with Gasteiger partial charge in [0.15, 0.2) is 11.5 Å². The summed E-state index contributed by atoms with van der Waals surface area (Å²) in [6, 6.07) is 4.18. The number of ether oxygens (including phenoxy) is 3. The molecule has 0 amide bonds. The molecule has 0 spiro atoms. The van der Waals surface area contributed by atoms with Crippen molar-refractivity contribution < 1.29 is 24.1 Å². The van der Waals surface area contributed by atoms with Crippen LogP contribution in [0.2, 0.25) is 0 Å². The molecule has 0 saturated carbocycles. The predicted molar refractivity (Wildman–Crippen MR) is 83.8 cm³/mol. The van der Waals surface area contributed by atoms with E-state index in [1.165, 1.54) is 12.5 Å². The van der Waals surface area contributed by atoms with E-state index in [-0.39, 0.29) is 24.9 Å². The minimum atomic E-state index is -0.487. The molecule has 1 aliphatic carbocycles. The van der Waals surface area contributed by atoms with Gasteiger partial charge in [0.1, 0.15) is 6.10 Å². The summed E-state index contributed by atoms with van der Waals surface area (Å²) in [5.74, 6) is 1.24. The van der Waals surface area contributed by atoms with Crippen molar-refractivity contribution in [1.29, 1.82) is 0 Å². The smallest absolute Gasteiger partial charge is 0.303 e. The molecule has 6 heteroatoms. The van der Waals surface area contributed by atoms with E-state index in [0.29, 0.717) is 13.0 Å². The van der Waals surface area contributed by atoms with E-state index in [4.69, 9.17) is 14.2 Å². The molecule has 24 heavy (non-hydrogen) atoms. The van der Waals surface area contributed by atoms with Crippen LogP contribution in [0.4, 0.5) is 0 Å². The quantitative estimate of drug-likeness (QED) is 0.615. The van der Waals surface area contributed by atoms with Gasteiger partial charge in [0.2, 0.25) is 6.79 Å². The second-order valence-electron chi connectivity index (χ2n) is 7.00. The van der Waals surface area contributed by atoms with E-state index in [1.54, 1.807) is 0 Å². The normalized spacial score (nSPS) is 37.8. The molecule has 0 aromatic heterocycles. The first kappa shape index (κ1) is 14.3. The fraction of sp³-hybridized carbons (Fsp3) is 0.500. The van der Waals surface area contributed by atoms with Gasteiger partial charge in [-0.3, -0.25) is 9.69 Å². The molecule has 5 rings (SSSR count). The van der Waals surface area contributed by atoms with Crippen LogP contribution in [0.5, 0.6) is 11.5 Å². The van der Waals surface area contributed by atoms with Crippen molar-refractivity contribution in [2.75, 3.05) is 13.3 Å². The number of nitrogens with zero attached hydrogens (tertiary/aromatic N) is 1. The lowest BCUT2D eigenvalue weighted by Crippen LogP contribution is -2.52. The number of hydrogen-bond acceptors (Lipinski definition) is 6. The summed E-state index contributed by atoms with van der Waals surface area (Å²) in [7, 11) is 0. The Hall–Kier alpha value is -2.05. The molecule has 6 nitrogen and oxygen atoms in total. The third-order valence-electron chi connectivity index (χ3n) is 5.75. The van der Waals surface area contributed by atoms with Gasteiger partial charge in [0.25, 0.3) is 0 Å². The standard InChI is InChI=1S/C18H19NO5/c1-10(20)24-12-2-3-18-13-6-15-14(22-9-23-15)4-11(13)7-19(8-17(18)21)16(18)5-12/h2-4,6,12,16-17,21H,5,7-9H2,1H3/t12-,16+,17+,18-/m0/s1. The first-order chi connectivity index (χ1) is 11.6. The molecule has 1 aromatic rings. The number of esters is 1. The molecule has 2 bridgehead atoms. The number of carbonyl (C=O) groups is 1. The Labute approximate surface area is 139 Å². The second kappa shape index (κ2) is 4.74. The largest absolute Gasteiger partial charge is 0.458 e. The summed E-state index contributed by atoms with van der Waals surface area (Å²) in [6.45, 7) is 3.04. The zero-order valence-electron chi connectivity index (χ0n) is 13.4. The van der Waals surface area contributed by atoms with E-state index >= 15 is 0 Å². The lowest BCUT2D eigenvalue weighted by Gasteiger charge is -2.46. The minimum absolute atomic E-state index is 0.120. The van der Waals surface area contributed by atoms with Crippen LogP contribution in [0.25, 0.3) is 0 Å². The van der Waals surface area contributed by atoms with Gasteiger partial charge in [-0.1, -0.05) is 6.08 Å². The number of rotatable bonds is 1. The Balaban J connectivity index is 1.63. The Morgan fingerprint density at radius 1 is 1.38 bits per heavy atom. The van der Waals surface area contributed by atoms with Crippen LogP contribution in [0.1, 0.15) is 24.5 Å². The van der Waals surface area contributed by atoms with Crippen molar-refractivity contribution in [2.24, 2.45) is 0 Å². The Morgan fingerprint density at radius 2 is 2.17 bits per heavy atom. The maximum Gasteiger partial charge on any atom is 0.303 e. The molecular weight excluding hydrogens is 310 g/mol. The summed E-state index contributed by atoms with van der Waals surface area (Å²) in [4.78, 5) is 13.6. The van der Waals surface area contributed by atoms with Gasteiger partial charge in [-0.25, -0.2) is 0 Å². The van der Waals surface area contributed by atoms with Crippen LogP contribution in [0.3, 0.4) is 0 Å². The Kier molecular flexibility index (Phi) is 2.82. The number of aliphatic hydroxyl groups is 1. The number of benzene rings is 1. The molecule has 1 fully saturated rings. The van der Waals surface area contributed by atoms with Gasteiger partial charge >= 0.3 is 5.97 Å². The average Bonchev–Trinajstić information content (AvgIpc) is 3.06. The van der Waals surface area contributed by atoms with Crippen molar-refractivity contribution in [1.82, 2.24) is 4.90 Å². The summed E-state index contributed by atoms with van der Waals surface area (Å²) >= 11 is 0. The highest BCUT2D eigenvalue weighted by Gasteiger charge is 2.58. The van der Waals surface area contributed by atoms with Gasteiger partial charge in [-0.2, -0.15) is 0 Å². The minimum Gasteiger partial charge on any atom is -0.458 e.